The SMILES string of the molecule is CCN(C(=O)CSc1nc2sc3c(c2c(=O)n1CCCN(C)C)CCCC3)c1ccccc1. The zero-order valence-electron chi connectivity index (χ0n) is 19.7. The molecular formula is C25H32N4O2S2. The van der Waals surface area contributed by atoms with Crippen LogP contribution in [0.5, 0.6) is 0 Å². The van der Waals surface area contributed by atoms with Gasteiger partial charge in [-0.2, -0.15) is 0 Å². The number of fused-ring (bicyclic) bond motifs is 3. The number of aromatic nitrogens is 2. The van der Waals surface area contributed by atoms with E-state index >= 15 is 0 Å². The highest BCUT2D eigenvalue weighted by molar-refractivity contribution is 7.99. The molecular weight excluding hydrogens is 452 g/mol. The van der Waals surface area contributed by atoms with Gasteiger partial charge in [0.2, 0.25) is 5.91 Å². The van der Waals surface area contributed by atoms with E-state index in [0.717, 1.165) is 48.1 Å². The zero-order chi connectivity index (χ0) is 23.4. The van der Waals surface area contributed by atoms with Crippen LogP contribution in [0.2, 0.25) is 0 Å². The summed E-state index contributed by atoms with van der Waals surface area (Å²) in [4.78, 5) is 37.7. The lowest BCUT2D eigenvalue weighted by molar-refractivity contribution is -0.116. The quantitative estimate of drug-likeness (QED) is 0.332. The third-order valence-electron chi connectivity index (χ3n) is 6.04. The van der Waals surface area contributed by atoms with Gasteiger partial charge >= 0.3 is 0 Å². The fourth-order valence-corrected chi connectivity index (χ4v) is 6.59. The topological polar surface area (TPSA) is 58.4 Å². The molecule has 0 radical (unpaired) electrons. The minimum absolute atomic E-state index is 0.0216. The number of rotatable bonds is 9. The van der Waals surface area contributed by atoms with Gasteiger partial charge in [0, 0.05) is 23.7 Å². The largest absolute Gasteiger partial charge is 0.312 e. The van der Waals surface area contributed by atoms with Gasteiger partial charge in [0.25, 0.3) is 5.56 Å². The summed E-state index contributed by atoms with van der Waals surface area (Å²) in [6.07, 6.45) is 5.19. The molecule has 0 saturated carbocycles. The summed E-state index contributed by atoms with van der Waals surface area (Å²) in [7, 11) is 4.08. The van der Waals surface area contributed by atoms with Crippen molar-refractivity contribution in [1.82, 2.24) is 14.5 Å². The summed E-state index contributed by atoms with van der Waals surface area (Å²) >= 11 is 3.05. The fraction of sp³-hybridized carbons (Fsp3) is 0.480. The number of thioether (sulfide) groups is 1. The maximum atomic E-state index is 13.6. The van der Waals surface area contributed by atoms with Crippen molar-refractivity contribution < 1.29 is 4.79 Å². The van der Waals surface area contributed by atoms with E-state index in [0.29, 0.717) is 18.2 Å². The standard InChI is InChI=1S/C25H32N4O2S2/c1-4-28(18-11-6-5-7-12-18)21(30)17-32-25-26-23-22(19-13-8-9-14-20(19)33-23)24(31)29(25)16-10-15-27(2)3/h5-7,11-12H,4,8-10,13-17H2,1-3H3. The van der Waals surface area contributed by atoms with Crippen molar-refractivity contribution in [1.29, 1.82) is 0 Å². The molecule has 0 bridgehead atoms. The number of para-hydroxylation sites is 1. The molecule has 0 unspecified atom stereocenters. The van der Waals surface area contributed by atoms with E-state index in [1.807, 2.05) is 55.9 Å². The van der Waals surface area contributed by atoms with Crippen LogP contribution in [0.3, 0.4) is 0 Å². The summed E-state index contributed by atoms with van der Waals surface area (Å²) < 4.78 is 1.81. The van der Waals surface area contributed by atoms with E-state index in [9.17, 15) is 9.59 Å². The van der Waals surface area contributed by atoms with Crippen molar-refractivity contribution in [3.63, 3.8) is 0 Å². The Bertz CT molecular complexity index is 1170. The molecule has 0 atom stereocenters. The molecule has 0 fully saturated rings. The Balaban J connectivity index is 1.63. The number of carbonyl (C=O) groups excluding carboxylic acids is 1. The molecule has 0 spiro atoms. The minimum atomic E-state index is 0.0216. The zero-order valence-corrected chi connectivity index (χ0v) is 21.3. The van der Waals surface area contributed by atoms with E-state index in [1.165, 1.54) is 28.6 Å². The number of carbonyl (C=O) groups is 1. The molecule has 0 N–H and O–H groups in total. The lowest BCUT2D eigenvalue weighted by Crippen LogP contribution is -2.32. The van der Waals surface area contributed by atoms with Crippen molar-refractivity contribution in [2.24, 2.45) is 0 Å². The average molecular weight is 485 g/mol. The molecule has 33 heavy (non-hydrogen) atoms. The first-order chi connectivity index (χ1) is 16.0. The summed E-state index contributed by atoms with van der Waals surface area (Å²) in [5.74, 6) is 0.271. The van der Waals surface area contributed by atoms with Crippen molar-refractivity contribution in [2.75, 3.05) is 37.8 Å². The molecule has 1 aliphatic rings. The van der Waals surface area contributed by atoms with Gasteiger partial charge in [0.15, 0.2) is 5.16 Å². The fourth-order valence-electron chi connectivity index (χ4n) is 4.39. The first-order valence-corrected chi connectivity index (χ1v) is 13.5. The van der Waals surface area contributed by atoms with Gasteiger partial charge < -0.3 is 9.80 Å². The minimum Gasteiger partial charge on any atom is -0.312 e. The monoisotopic (exact) mass is 484 g/mol. The Labute approximate surface area is 203 Å². The summed E-state index contributed by atoms with van der Waals surface area (Å²) in [6, 6.07) is 9.72. The average Bonchev–Trinajstić information content (AvgIpc) is 3.19. The second-order valence-electron chi connectivity index (χ2n) is 8.66. The molecule has 2 aromatic heterocycles. The van der Waals surface area contributed by atoms with Crippen molar-refractivity contribution in [3.8, 4) is 0 Å². The summed E-state index contributed by atoms with van der Waals surface area (Å²) in [5.41, 5.74) is 2.17. The molecule has 4 rings (SSSR count). The predicted molar refractivity (Wildman–Crippen MR) is 139 cm³/mol. The third-order valence-corrected chi connectivity index (χ3v) is 8.18. The number of hydrogen-bond donors (Lipinski definition) is 0. The second-order valence-corrected chi connectivity index (χ2v) is 10.7. The Morgan fingerprint density at radius 1 is 1.18 bits per heavy atom. The van der Waals surface area contributed by atoms with Gasteiger partial charge in [-0.3, -0.25) is 14.2 Å². The smallest absolute Gasteiger partial charge is 0.263 e. The highest BCUT2D eigenvalue weighted by Gasteiger charge is 2.23. The van der Waals surface area contributed by atoms with E-state index in [-0.39, 0.29) is 17.2 Å². The Hall–Kier alpha value is -2.16. The van der Waals surface area contributed by atoms with Crippen LogP contribution in [-0.2, 0) is 24.2 Å². The van der Waals surface area contributed by atoms with Crippen molar-refractivity contribution in [2.45, 2.75) is 50.7 Å². The first kappa shape index (κ1) is 24.0. The van der Waals surface area contributed by atoms with Crippen LogP contribution in [0.15, 0.2) is 40.3 Å². The maximum Gasteiger partial charge on any atom is 0.263 e. The third kappa shape index (κ3) is 5.34. The highest BCUT2D eigenvalue weighted by Crippen LogP contribution is 2.34. The molecule has 3 aromatic rings. The van der Waals surface area contributed by atoms with Gasteiger partial charge in [-0.25, -0.2) is 4.98 Å². The summed E-state index contributed by atoms with van der Waals surface area (Å²) in [6.45, 7) is 4.08. The van der Waals surface area contributed by atoms with E-state index in [4.69, 9.17) is 4.98 Å². The molecule has 0 aliphatic heterocycles. The molecule has 2 heterocycles. The first-order valence-electron chi connectivity index (χ1n) is 11.7. The van der Waals surface area contributed by atoms with Crippen LogP contribution in [0.25, 0.3) is 10.2 Å². The molecule has 1 aliphatic carbocycles. The van der Waals surface area contributed by atoms with Crippen LogP contribution >= 0.6 is 23.1 Å². The Kier molecular flexibility index (Phi) is 7.88. The van der Waals surface area contributed by atoms with Crippen molar-refractivity contribution in [3.05, 3.63) is 51.1 Å². The molecule has 1 aromatic carbocycles. The normalized spacial score (nSPS) is 13.5. The number of aryl methyl sites for hydroxylation is 2. The molecule has 1 amide bonds. The lowest BCUT2D eigenvalue weighted by atomic mass is 9.97. The molecule has 176 valence electrons. The number of hydrogen-bond acceptors (Lipinski definition) is 6. The second kappa shape index (κ2) is 10.8. The van der Waals surface area contributed by atoms with Gasteiger partial charge in [-0.15, -0.1) is 11.3 Å². The van der Waals surface area contributed by atoms with Gasteiger partial charge in [-0.05, 0) is 77.4 Å². The van der Waals surface area contributed by atoms with E-state index in [2.05, 4.69) is 4.90 Å². The van der Waals surface area contributed by atoms with E-state index < -0.39 is 0 Å². The number of amides is 1. The molecule has 0 saturated heterocycles. The van der Waals surface area contributed by atoms with Crippen LogP contribution < -0.4 is 10.5 Å². The van der Waals surface area contributed by atoms with E-state index in [1.54, 1.807) is 16.2 Å². The summed E-state index contributed by atoms with van der Waals surface area (Å²) in [5, 5.41) is 1.47. The molecule has 6 nitrogen and oxygen atoms in total. The van der Waals surface area contributed by atoms with Crippen LogP contribution in [0.1, 0.15) is 36.6 Å². The number of anilines is 1. The van der Waals surface area contributed by atoms with Crippen LogP contribution in [-0.4, -0.2) is 53.3 Å². The van der Waals surface area contributed by atoms with Crippen LogP contribution in [0.4, 0.5) is 5.69 Å². The lowest BCUT2D eigenvalue weighted by Gasteiger charge is -2.21. The number of benzene rings is 1. The molecule has 8 heteroatoms. The maximum absolute atomic E-state index is 13.6. The van der Waals surface area contributed by atoms with Crippen LogP contribution in [0, 0.1) is 0 Å². The highest BCUT2D eigenvalue weighted by atomic mass is 32.2. The van der Waals surface area contributed by atoms with Gasteiger partial charge in [0.1, 0.15) is 4.83 Å². The number of nitrogens with zero attached hydrogens (tertiary/aromatic N) is 4. The van der Waals surface area contributed by atoms with Gasteiger partial charge in [0.05, 0.1) is 11.1 Å². The number of thiophene rings is 1. The Morgan fingerprint density at radius 3 is 2.67 bits per heavy atom. The predicted octanol–water partition coefficient (Wildman–Crippen LogP) is 4.43. The Morgan fingerprint density at radius 2 is 1.94 bits per heavy atom. The van der Waals surface area contributed by atoms with Crippen molar-refractivity contribution >= 4 is 44.9 Å². The van der Waals surface area contributed by atoms with Gasteiger partial charge in [-0.1, -0.05) is 30.0 Å².